The van der Waals surface area contributed by atoms with Gasteiger partial charge in [0, 0.05) is 25.9 Å². The lowest BCUT2D eigenvalue weighted by atomic mass is 10.1. The van der Waals surface area contributed by atoms with Crippen LogP contribution < -0.4 is 0 Å². The monoisotopic (exact) mass is 325 g/mol. The number of amides is 1. The number of carbonyl (C=O) groups excluding carboxylic acids is 1. The maximum Gasteiger partial charge on any atom is 0.228 e. The molecular formula is C19H23N3O2. The minimum atomic E-state index is 0. The van der Waals surface area contributed by atoms with E-state index in [4.69, 9.17) is 4.98 Å². The van der Waals surface area contributed by atoms with Crippen LogP contribution in [0.5, 0.6) is 0 Å². The number of hydrogen-bond acceptors (Lipinski definition) is 2. The minimum absolute atomic E-state index is 0. The molecule has 24 heavy (non-hydrogen) atoms. The summed E-state index contributed by atoms with van der Waals surface area (Å²) >= 11 is 0. The van der Waals surface area contributed by atoms with Crippen molar-refractivity contribution in [1.29, 1.82) is 0 Å². The van der Waals surface area contributed by atoms with E-state index in [2.05, 4.69) is 31.2 Å². The van der Waals surface area contributed by atoms with Crippen LogP contribution in [0.15, 0.2) is 42.6 Å². The van der Waals surface area contributed by atoms with Gasteiger partial charge in [0.1, 0.15) is 5.65 Å². The van der Waals surface area contributed by atoms with Gasteiger partial charge >= 0.3 is 0 Å². The van der Waals surface area contributed by atoms with Gasteiger partial charge in [-0.25, -0.2) is 4.98 Å². The van der Waals surface area contributed by atoms with E-state index in [1.165, 1.54) is 5.56 Å². The molecule has 2 aromatic heterocycles. The van der Waals surface area contributed by atoms with Crippen molar-refractivity contribution in [3.8, 4) is 11.3 Å². The summed E-state index contributed by atoms with van der Waals surface area (Å²) in [4.78, 5) is 18.6. The highest BCUT2D eigenvalue weighted by atomic mass is 16.2. The Balaban J connectivity index is 0.00000208. The van der Waals surface area contributed by atoms with Gasteiger partial charge in [-0.05, 0) is 25.5 Å². The first kappa shape index (κ1) is 17.7. The zero-order valence-corrected chi connectivity index (χ0v) is 14.5. The summed E-state index contributed by atoms with van der Waals surface area (Å²) in [5.41, 5.74) is 6.08. The number of hydrogen-bond donors (Lipinski definition) is 0. The van der Waals surface area contributed by atoms with Crippen molar-refractivity contribution >= 4 is 11.6 Å². The molecule has 1 aromatic carbocycles. The second-order valence-electron chi connectivity index (χ2n) is 6.17. The third-order valence-corrected chi connectivity index (χ3v) is 4.01. The SMILES string of the molecule is Cc1ccc(-c2nc3ccc(C)cn3c2CC(=O)N(C)C)cc1.O. The Morgan fingerprint density at radius 2 is 1.67 bits per heavy atom. The second kappa shape index (κ2) is 6.84. The molecule has 0 spiro atoms. The first-order chi connectivity index (χ1) is 11.0. The van der Waals surface area contributed by atoms with Crippen LogP contribution in [0.3, 0.4) is 0 Å². The summed E-state index contributed by atoms with van der Waals surface area (Å²) in [6.45, 7) is 4.11. The van der Waals surface area contributed by atoms with E-state index in [0.29, 0.717) is 6.42 Å². The predicted octanol–water partition coefficient (Wildman–Crippen LogP) is 2.42. The fraction of sp³-hybridized carbons (Fsp3) is 0.263. The highest BCUT2D eigenvalue weighted by molar-refractivity contribution is 5.81. The number of likely N-dealkylation sites (N-methyl/N-ethyl adjacent to an activating group) is 1. The van der Waals surface area contributed by atoms with Crippen LogP contribution >= 0.6 is 0 Å². The van der Waals surface area contributed by atoms with Gasteiger partial charge in [-0.15, -0.1) is 0 Å². The largest absolute Gasteiger partial charge is 0.412 e. The summed E-state index contributed by atoms with van der Waals surface area (Å²) in [7, 11) is 3.56. The molecule has 0 atom stereocenters. The molecule has 0 bridgehead atoms. The summed E-state index contributed by atoms with van der Waals surface area (Å²) in [6, 6.07) is 12.3. The van der Waals surface area contributed by atoms with E-state index in [1.54, 1.807) is 19.0 Å². The number of imidazole rings is 1. The lowest BCUT2D eigenvalue weighted by molar-refractivity contribution is -0.128. The first-order valence-corrected chi connectivity index (χ1v) is 7.70. The van der Waals surface area contributed by atoms with Crippen molar-refractivity contribution < 1.29 is 10.3 Å². The average molecular weight is 325 g/mol. The van der Waals surface area contributed by atoms with E-state index in [9.17, 15) is 4.79 Å². The standard InChI is InChI=1S/C19H21N3O.H2O/c1-13-5-8-15(9-6-13)19-16(11-18(23)21(3)4)22-12-14(2)7-10-17(22)20-19;/h5-10,12H,11H2,1-4H3;1H2. The number of carbonyl (C=O) groups is 1. The van der Waals surface area contributed by atoms with Gasteiger partial charge in [-0.2, -0.15) is 0 Å². The summed E-state index contributed by atoms with van der Waals surface area (Å²) in [5.74, 6) is 0.0710. The van der Waals surface area contributed by atoms with E-state index in [-0.39, 0.29) is 11.4 Å². The number of rotatable bonds is 3. The quantitative estimate of drug-likeness (QED) is 0.742. The van der Waals surface area contributed by atoms with Gasteiger partial charge in [0.2, 0.25) is 5.91 Å². The van der Waals surface area contributed by atoms with E-state index in [0.717, 1.165) is 28.2 Å². The number of benzene rings is 1. The summed E-state index contributed by atoms with van der Waals surface area (Å²) < 4.78 is 2.03. The molecule has 0 saturated heterocycles. The van der Waals surface area contributed by atoms with Crippen molar-refractivity contribution in [2.45, 2.75) is 20.3 Å². The molecule has 0 fully saturated rings. The number of aromatic nitrogens is 2. The molecule has 0 aliphatic heterocycles. The summed E-state index contributed by atoms with van der Waals surface area (Å²) in [5, 5.41) is 0. The summed E-state index contributed by atoms with van der Waals surface area (Å²) in [6.07, 6.45) is 2.37. The van der Waals surface area contributed by atoms with Gasteiger partial charge in [0.05, 0.1) is 17.8 Å². The van der Waals surface area contributed by atoms with Gasteiger partial charge in [0.15, 0.2) is 0 Å². The Kier molecular flexibility index (Phi) is 5.04. The number of aryl methyl sites for hydroxylation is 2. The van der Waals surface area contributed by atoms with Gasteiger partial charge in [0.25, 0.3) is 0 Å². The Hall–Kier alpha value is -2.66. The normalized spacial score (nSPS) is 10.5. The zero-order valence-electron chi connectivity index (χ0n) is 14.5. The maximum atomic E-state index is 12.3. The highest BCUT2D eigenvalue weighted by Crippen LogP contribution is 2.26. The van der Waals surface area contributed by atoms with Crippen LogP contribution in [0.2, 0.25) is 0 Å². The molecule has 2 heterocycles. The Morgan fingerprint density at radius 1 is 1.04 bits per heavy atom. The molecule has 1 amide bonds. The molecule has 0 unspecified atom stereocenters. The minimum Gasteiger partial charge on any atom is -0.412 e. The number of pyridine rings is 1. The van der Waals surface area contributed by atoms with Crippen molar-refractivity contribution in [1.82, 2.24) is 14.3 Å². The third-order valence-electron chi connectivity index (χ3n) is 4.01. The molecule has 3 rings (SSSR count). The Morgan fingerprint density at radius 3 is 2.29 bits per heavy atom. The predicted molar refractivity (Wildman–Crippen MR) is 96.1 cm³/mol. The van der Waals surface area contributed by atoms with Gasteiger partial charge < -0.3 is 14.8 Å². The second-order valence-corrected chi connectivity index (χ2v) is 6.17. The Bertz CT molecular complexity index is 864. The highest BCUT2D eigenvalue weighted by Gasteiger charge is 2.18. The van der Waals surface area contributed by atoms with E-state index in [1.807, 2.05) is 29.7 Å². The average Bonchev–Trinajstić information content (AvgIpc) is 2.86. The molecule has 5 heteroatoms. The smallest absolute Gasteiger partial charge is 0.228 e. The zero-order chi connectivity index (χ0) is 16.6. The van der Waals surface area contributed by atoms with E-state index < -0.39 is 0 Å². The van der Waals surface area contributed by atoms with Gasteiger partial charge in [-0.3, -0.25) is 4.79 Å². The van der Waals surface area contributed by atoms with Gasteiger partial charge in [-0.1, -0.05) is 35.9 Å². The third kappa shape index (κ3) is 3.31. The number of nitrogens with zero attached hydrogens (tertiary/aromatic N) is 3. The molecule has 3 aromatic rings. The molecular weight excluding hydrogens is 302 g/mol. The topological polar surface area (TPSA) is 69.1 Å². The van der Waals surface area contributed by atoms with Crippen LogP contribution in [0.1, 0.15) is 16.8 Å². The molecule has 0 saturated carbocycles. The van der Waals surface area contributed by atoms with Crippen LogP contribution in [0, 0.1) is 13.8 Å². The molecule has 5 nitrogen and oxygen atoms in total. The molecule has 0 radical (unpaired) electrons. The lowest BCUT2D eigenvalue weighted by Crippen LogP contribution is -2.24. The molecule has 126 valence electrons. The van der Waals surface area contributed by atoms with Crippen LogP contribution in [0.25, 0.3) is 16.9 Å². The number of fused-ring (bicyclic) bond motifs is 1. The fourth-order valence-corrected chi connectivity index (χ4v) is 2.61. The van der Waals surface area contributed by atoms with Crippen molar-refractivity contribution in [2.24, 2.45) is 0 Å². The van der Waals surface area contributed by atoms with Crippen LogP contribution in [0.4, 0.5) is 0 Å². The molecule has 0 aliphatic carbocycles. The van der Waals surface area contributed by atoms with Crippen molar-refractivity contribution in [3.63, 3.8) is 0 Å². The van der Waals surface area contributed by atoms with Crippen LogP contribution in [-0.2, 0) is 11.2 Å². The fourth-order valence-electron chi connectivity index (χ4n) is 2.61. The van der Waals surface area contributed by atoms with Crippen molar-refractivity contribution in [3.05, 3.63) is 59.4 Å². The molecule has 0 aliphatic rings. The first-order valence-electron chi connectivity index (χ1n) is 7.70. The lowest BCUT2D eigenvalue weighted by Gasteiger charge is -2.11. The maximum absolute atomic E-state index is 12.3. The Labute approximate surface area is 141 Å². The van der Waals surface area contributed by atoms with Crippen LogP contribution in [-0.4, -0.2) is 39.8 Å². The molecule has 2 N–H and O–H groups in total. The van der Waals surface area contributed by atoms with E-state index >= 15 is 0 Å². The van der Waals surface area contributed by atoms with Crippen molar-refractivity contribution in [2.75, 3.05) is 14.1 Å².